The standard InChI is InChI=1S/C25H30N6OS/c1-29(2)17-5-8-21-19(15-17)18-6-9-23(28-24(18)30(21)3)26-16-4-7-20-22(14-16)33-25(27-20)31-10-12-32-13-11-31/h4,6-7,9,14,17H,5,8,10-13,15H2,1-3H3,(H,26,28)/t17-/m1/s1. The van der Waals surface area contributed by atoms with Gasteiger partial charge in [0.2, 0.25) is 0 Å². The Morgan fingerprint density at radius 3 is 2.79 bits per heavy atom. The molecule has 1 saturated heterocycles. The molecule has 7 nitrogen and oxygen atoms in total. The number of morpholine rings is 1. The zero-order valence-electron chi connectivity index (χ0n) is 19.5. The zero-order valence-corrected chi connectivity index (χ0v) is 20.3. The maximum Gasteiger partial charge on any atom is 0.186 e. The van der Waals surface area contributed by atoms with Crippen molar-refractivity contribution < 1.29 is 4.74 Å². The van der Waals surface area contributed by atoms with E-state index < -0.39 is 0 Å². The van der Waals surface area contributed by atoms with Crippen LogP contribution in [0.15, 0.2) is 30.3 Å². The van der Waals surface area contributed by atoms with Crippen LogP contribution in [0.1, 0.15) is 17.7 Å². The lowest BCUT2D eigenvalue weighted by Crippen LogP contribution is -2.36. The van der Waals surface area contributed by atoms with Gasteiger partial charge in [0, 0.05) is 42.9 Å². The SMILES string of the molecule is CN(C)[C@@H]1CCc2c(c3ccc(Nc4ccc5nc(N6CCOCC6)sc5c4)nc3n2C)C1. The van der Waals surface area contributed by atoms with Crippen LogP contribution in [0.3, 0.4) is 0 Å². The predicted molar refractivity (Wildman–Crippen MR) is 136 cm³/mol. The largest absolute Gasteiger partial charge is 0.378 e. The molecule has 1 aliphatic heterocycles. The summed E-state index contributed by atoms with van der Waals surface area (Å²) in [6.45, 7) is 3.36. The van der Waals surface area contributed by atoms with Crippen LogP contribution in [0.4, 0.5) is 16.6 Å². The molecule has 1 fully saturated rings. The third-order valence-electron chi connectivity index (χ3n) is 7.09. The van der Waals surface area contributed by atoms with E-state index in [1.807, 2.05) is 0 Å². The minimum Gasteiger partial charge on any atom is -0.378 e. The average Bonchev–Trinajstić information content (AvgIpc) is 3.38. The quantitative estimate of drug-likeness (QED) is 0.491. The molecule has 2 aliphatic rings. The Morgan fingerprint density at radius 2 is 1.97 bits per heavy atom. The Labute approximate surface area is 198 Å². The molecule has 0 radical (unpaired) electrons. The Balaban J connectivity index is 1.28. The predicted octanol–water partition coefficient (Wildman–Crippen LogP) is 4.18. The maximum absolute atomic E-state index is 5.48. The second-order valence-corrected chi connectivity index (χ2v) is 10.3. The number of hydrogen-bond acceptors (Lipinski definition) is 7. The molecule has 33 heavy (non-hydrogen) atoms. The lowest BCUT2D eigenvalue weighted by atomic mass is 9.91. The van der Waals surface area contributed by atoms with Crippen molar-refractivity contribution in [1.82, 2.24) is 19.4 Å². The van der Waals surface area contributed by atoms with Crippen molar-refractivity contribution in [1.29, 1.82) is 0 Å². The van der Waals surface area contributed by atoms with Crippen LogP contribution in [0.5, 0.6) is 0 Å². The number of benzene rings is 1. The summed E-state index contributed by atoms with van der Waals surface area (Å²) < 4.78 is 8.96. The van der Waals surface area contributed by atoms with E-state index in [0.29, 0.717) is 6.04 Å². The van der Waals surface area contributed by atoms with Gasteiger partial charge >= 0.3 is 0 Å². The summed E-state index contributed by atoms with van der Waals surface area (Å²) in [7, 11) is 6.53. The number of pyridine rings is 1. The van der Waals surface area contributed by atoms with Crippen molar-refractivity contribution in [2.75, 3.05) is 50.6 Å². The molecule has 1 atom stereocenters. The van der Waals surface area contributed by atoms with E-state index in [1.54, 1.807) is 11.3 Å². The summed E-state index contributed by atoms with van der Waals surface area (Å²) in [5.41, 5.74) is 6.06. The highest BCUT2D eigenvalue weighted by Gasteiger charge is 2.26. The van der Waals surface area contributed by atoms with Crippen LogP contribution in [0, 0.1) is 0 Å². The number of hydrogen-bond donors (Lipinski definition) is 1. The van der Waals surface area contributed by atoms with Crippen molar-refractivity contribution in [3.8, 4) is 0 Å². The third-order valence-corrected chi connectivity index (χ3v) is 8.17. The monoisotopic (exact) mass is 462 g/mol. The first kappa shape index (κ1) is 20.9. The molecule has 0 unspecified atom stereocenters. The van der Waals surface area contributed by atoms with Gasteiger partial charge in [0.05, 0.1) is 23.4 Å². The Bertz CT molecular complexity index is 1320. The van der Waals surface area contributed by atoms with Gasteiger partial charge in [-0.1, -0.05) is 11.3 Å². The topological polar surface area (TPSA) is 58.4 Å². The molecule has 172 valence electrons. The molecule has 0 saturated carbocycles. The number of nitrogens with one attached hydrogen (secondary N) is 1. The highest BCUT2D eigenvalue weighted by molar-refractivity contribution is 7.22. The van der Waals surface area contributed by atoms with Crippen LogP contribution in [-0.4, -0.2) is 65.9 Å². The molecule has 0 spiro atoms. The van der Waals surface area contributed by atoms with Gasteiger partial charge in [-0.3, -0.25) is 0 Å². The van der Waals surface area contributed by atoms with E-state index >= 15 is 0 Å². The zero-order chi connectivity index (χ0) is 22.5. The lowest BCUT2D eigenvalue weighted by Gasteiger charge is -2.28. The van der Waals surface area contributed by atoms with Gasteiger partial charge in [-0.05, 0) is 69.3 Å². The van der Waals surface area contributed by atoms with Gasteiger partial charge in [-0.25, -0.2) is 9.97 Å². The number of fused-ring (bicyclic) bond motifs is 4. The van der Waals surface area contributed by atoms with Crippen LogP contribution in [-0.2, 0) is 24.6 Å². The molecule has 0 bridgehead atoms. The Morgan fingerprint density at radius 1 is 1.12 bits per heavy atom. The second kappa shape index (κ2) is 8.27. The van der Waals surface area contributed by atoms with E-state index in [1.165, 1.54) is 27.8 Å². The average molecular weight is 463 g/mol. The molecule has 1 N–H and O–H groups in total. The van der Waals surface area contributed by atoms with Crippen LogP contribution < -0.4 is 10.2 Å². The smallest absolute Gasteiger partial charge is 0.186 e. The summed E-state index contributed by atoms with van der Waals surface area (Å²) in [5, 5.41) is 5.89. The summed E-state index contributed by atoms with van der Waals surface area (Å²) in [6, 6.07) is 11.3. The summed E-state index contributed by atoms with van der Waals surface area (Å²) in [4.78, 5) is 14.5. The normalized spacial score (nSPS) is 18.9. The first-order valence-corrected chi connectivity index (χ1v) is 12.5. The number of nitrogens with zero attached hydrogens (tertiary/aromatic N) is 5. The van der Waals surface area contributed by atoms with Crippen molar-refractivity contribution in [3.05, 3.63) is 41.6 Å². The van der Waals surface area contributed by atoms with Crippen molar-refractivity contribution in [3.63, 3.8) is 0 Å². The van der Waals surface area contributed by atoms with E-state index in [2.05, 4.69) is 71.2 Å². The van der Waals surface area contributed by atoms with Crippen LogP contribution in [0.25, 0.3) is 21.3 Å². The fraction of sp³-hybridized carbons (Fsp3) is 0.440. The molecule has 4 aromatic rings. The molecule has 1 aromatic carbocycles. The number of aryl methyl sites for hydroxylation is 1. The molecule has 0 amide bonds. The van der Waals surface area contributed by atoms with Crippen molar-refractivity contribution >= 4 is 49.2 Å². The molecule has 8 heteroatoms. The Kier molecular flexibility index (Phi) is 5.24. The van der Waals surface area contributed by atoms with Crippen LogP contribution >= 0.6 is 11.3 Å². The van der Waals surface area contributed by atoms with Crippen molar-refractivity contribution in [2.24, 2.45) is 7.05 Å². The van der Waals surface area contributed by atoms with Crippen LogP contribution in [0.2, 0.25) is 0 Å². The molecule has 4 heterocycles. The summed E-state index contributed by atoms with van der Waals surface area (Å²) in [5.74, 6) is 0.877. The van der Waals surface area contributed by atoms with Gasteiger partial charge in [-0.15, -0.1) is 0 Å². The van der Waals surface area contributed by atoms with E-state index in [0.717, 1.165) is 66.9 Å². The number of rotatable bonds is 4. The van der Waals surface area contributed by atoms with Gasteiger partial charge in [0.15, 0.2) is 5.13 Å². The molecule has 3 aromatic heterocycles. The summed E-state index contributed by atoms with van der Waals surface area (Å²) >= 11 is 1.74. The lowest BCUT2D eigenvalue weighted by molar-refractivity contribution is 0.122. The van der Waals surface area contributed by atoms with Gasteiger partial charge in [0.25, 0.3) is 0 Å². The fourth-order valence-corrected chi connectivity index (χ4v) is 6.21. The molecular formula is C25H30N6OS. The van der Waals surface area contributed by atoms with Crippen molar-refractivity contribution in [2.45, 2.75) is 25.3 Å². The minimum absolute atomic E-state index is 0.606. The fourth-order valence-electron chi connectivity index (χ4n) is 5.15. The number of anilines is 3. The minimum atomic E-state index is 0.606. The molecule has 6 rings (SSSR count). The van der Waals surface area contributed by atoms with Gasteiger partial charge in [-0.2, -0.15) is 0 Å². The number of aromatic nitrogens is 3. The number of likely N-dealkylation sites (N-methyl/N-ethyl adjacent to an activating group) is 1. The maximum atomic E-state index is 5.48. The van der Waals surface area contributed by atoms with Gasteiger partial charge < -0.3 is 24.4 Å². The number of thiazole rings is 1. The molecule has 1 aliphatic carbocycles. The highest BCUT2D eigenvalue weighted by Crippen LogP contribution is 2.34. The first-order valence-electron chi connectivity index (χ1n) is 11.7. The number of ether oxygens (including phenoxy) is 1. The van der Waals surface area contributed by atoms with E-state index in [9.17, 15) is 0 Å². The molecular weight excluding hydrogens is 432 g/mol. The third kappa shape index (κ3) is 3.76. The van der Waals surface area contributed by atoms with Gasteiger partial charge in [0.1, 0.15) is 11.5 Å². The Hall–Kier alpha value is -2.68. The van der Waals surface area contributed by atoms with E-state index in [-0.39, 0.29) is 0 Å². The highest BCUT2D eigenvalue weighted by atomic mass is 32.1. The summed E-state index contributed by atoms with van der Waals surface area (Å²) in [6.07, 6.45) is 3.42. The van der Waals surface area contributed by atoms with E-state index in [4.69, 9.17) is 14.7 Å². The second-order valence-electron chi connectivity index (χ2n) is 9.32. The first-order chi connectivity index (χ1) is 16.1.